The molecule has 2 N–H and O–H groups in total. The maximum absolute atomic E-state index is 12.3. The number of hydrogen-bond donors (Lipinski definition) is 2. The van der Waals surface area contributed by atoms with E-state index >= 15 is 0 Å². The highest BCUT2D eigenvalue weighted by molar-refractivity contribution is 6.32. The SMILES string of the molecule is CC(C)[C@@H]1CC[C@@H](C)C[C@H]1OC(=O)[C@@H](O)c1cccc(Cl)c1O. The van der Waals surface area contributed by atoms with Crippen LogP contribution in [-0.4, -0.2) is 22.3 Å². The predicted molar refractivity (Wildman–Crippen MR) is 89.3 cm³/mol. The van der Waals surface area contributed by atoms with Gasteiger partial charge in [-0.05, 0) is 36.7 Å². The molecule has 0 spiro atoms. The van der Waals surface area contributed by atoms with Gasteiger partial charge >= 0.3 is 5.97 Å². The normalized spacial score (nSPS) is 26.1. The minimum Gasteiger partial charge on any atom is -0.506 e. The number of ether oxygens (including phenoxy) is 1. The van der Waals surface area contributed by atoms with Crippen LogP contribution < -0.4 is 0 Å². The second-order valence-electron chi connectivity index (χ2n) is 6.88. The van der Waals surface area contributed by atoms with E-state index in [0.717, 1.165) is 19.3 Å². The van der Waals surface area contributed by atoms with Crippen molar-refractivity contribution in [3.63, 3.8) is 0 Å². The molecule has 5 heteroatoms. The maximum Gasteiger partial charge on any atom is 0.340 e. The van der Waals surface area contributed by atoms with E-state index in [-0.39, 0.29) is 22.4 Å². The van der Waals surface area contributed by atoms with Crippen molar-refractivity contribution in [2.24, 2.45) is 17.8 Å². The summed E-state index contributed by atoms with van der Waals surface area (Å²) in [5, 5.41) is 20.2. The fourth-order valence-corrected chi connectivity index (χ4v) is 3.53. The standard InChI is InChI=1S/C18H25ClO4/c1-10(2)12-8-7-11(3)9-15(12)23-18(22)17(21)13-5-4-6-14(19)16(13)20/h4-6,10-12,15,17,20-21H,7-9H2,1-3H3/t11-,12+,15-,17+/m1/s1. The summed E-state index contributed by atoms with van der Waals surface area (Å²) in [5.74, 6) is 0.204. The van der Waals surface area contributed by atoms with Gasteiger partial charge in [0, 0.05) is 5.56 Å². The Morgan fingerprint density at radius 1 is 1.35 bits per heavy atom. The quantitative estimate of drug-likeness (QED) is 0.810. The summed E-state index contributed by atoms with van der Waals surface area (Å²) in [7, 11) is 0. The minimum absolute atomic E-state index is 0.0763. The number of para-hydroxylation sites is 1. The molecule has 1 aromatic carbocycles. The molecule has 0 bridgehead atoms. The topological polar surface area (TPSA) is 66.8 Å². The van der Waals surface area contributed by atoms with Crippen LogP contribution in [0, 0.1) is 17.8 Å². The highest BCUT2D eigenvalue weighted by Gasteiger charge is 2.35. The molecule has 0 aromatic heterocycles. The molecule has 0 unspecified atom stereocenters. The number of aromatic hydroxyl groups is 1. The lowest BCUT2D eigenvalue weighted by atomic mass is 9.75. The van der Waals surface area contributed by atoms with Gasteiger partial charge in [-0.3, -0.25) is 0 Å². The third-order valence-corrected chi connectivity index (χ3v) is 5.07. The molecule has 0 amide bonds. The first kappa shape index (κ1) is 18.1. The Morgan fingerprint density at radius 3 is 2.70 bits per heavy atom. The molecule has 2 rings (SSSR count). The van der Waals surface area contributed by atoms with E-state index in [1.165, 1.54) is 12.1 Å². The molecule has 4 nitrogen and oxygen atoms in total. The van der Waals surface area contributed by atoms with Crippen LogP contribution in [0.1, 0.15) is 51.7 Å². The van der Waals surface area contributed by atoms with Gasteiger partial charge in [0.25, 0.3) is 0 Å². The number of rotatable bonds is 4. The van der Waals surface area contributed by atoms with Crippen LogP contribution in [0.3, 0.4) is 0 Å². The Hall–Kier alpha value is -1.26. The van der Waals surface area contributed by atoms with Crippen LogP contribution in [0.25, 0.3) is 0 Å². The third-order valence-electron chi connectivity index (χ3n) is 4.76. The van der Waals surface area contributed by atoms with Crippen LogP contribution in [0.4, 0.5) is 0 Å². The van der Waals surface area contributed by atoms with E-state index in [9.17, 15) is 15.0 Å². The molecule has 0 saturated heterocycles. The van der Waals surface area contributed by atoms with Gasteiger partial charge in [0.2, 0.25) is 0 Å². The third kappa shape index (κ3) is 4.18. The molecule has 1 aliphatic carbocycles. The lowest BCUT2D eigenvalue weighted by molar-refractivity contribution is -0.166. The predicted octanol–water partition coefficient (Wildman–Crippen LogP) is 4.08. The van der Waals surface area contributed by atoms with Crippen molar-refractivity contribution in [3.8, 4) is 5.75 Å². The average Bonchev–Trinajstić information content (AvgIpc) is 2.49. The van der Waals surface area contributed by atoms with Crippen molar-refractivity contribution in [1.29, 1.82) is 0 Å². The van der Waals surface area contributed by atoms with Gasteiger partial charge in [0.15, 0.2) is 6.10 Å². The molecule has 1 aliphatic rings. The molecular formula is C18H25ClO4. The number of halogens is 1. The summed E-state index contributed by atoms with van der Waals surface area (Å²) in [6, 6.07) is 4.54. The van der Waals surface area contributed by atoms with Gasteiger partial charge < -0.3 is 14.9 Å². The van der Waals surface area contributed by atoms with Crippen molar-refractivity contribution in [1.82, 2.24) is 0 Å². The molecule has 0 radical (unpaired) electrons. The van der Waals surface area contributed by atoms with E-state index in [1.807, 2.05) is 0 Å². The molecule has 128 valence electrons. The lowest BCUT2D eigenvalue weighted by Crippen LogP contribution is -2.37. The highest BCUT2D eigenvalue weighted by atomic mass is 35.5. The summed E-state index contributed by atoms with van der Waals surface area (Å²) < 4.78 is 5.60. The van der Waals surface area contributed by atoms with E-state index in [1.54, 1.807) is 6.07 Å². The summed E-state index contributed by atoms with van der Waals surface area (Å²) in [4.78, 5) is 12.3. The van der Waals surface area contributed by atoms with Crippen LogP contribution in [0.15, 0.2) is 18.2 Å². The van der Waals surface area contributed by atoms with Gasteiger partial charge in [-0.1, -0.05) is 50.9 Å². The summed E-state index contributed by atoms with van der Waals surface area (Å²) in [6.07, 6.45) is 1.24. The number of carbonyl (C=O) groups is 1. The first-order valence-corrected chi connectivity index (χ1v) is 8.55. The molecule has 0 heterocycles. The Morgan fingerprint density at radius 2 is 2.04 bits per heavy atom. The average molecular weight is 341 g/mol. The number of phenols is 1. The van der Waals surface area contributed by atoms with Gasteiger partial charge in [0.1, 0.15) is 11.9 Å². The van der Waals surface area contributed by atoms with Crippen molar-refractivity contribution in [2.75, 3.05) is 0 Å². The van der Waals surface area contributed by atoms with Gasteiger partial charge in [-0.15, -0.1) is 0 Å². The zero-order valence-corrected chi connectivity index (χ0v) is 14.6. The highest BCUT2D eigenvalue weighted by Crippen LogP contribution is 2.37. The monoisotopic (exact) mass is 340 g/mol. The van der Waals surface area contributed by atoms with Crippen LogP contribution in [0.5, 0.6) is 5.75 Å². The largest absolute Gasteiger partial charge is 0.506 e. The fourth-order valence-electron chi connectivity index (χ4n) is 3.34. The van der Waals surface area contributed by atoms with Crippen molar-refractivity contribution in [2.45, 2.75) is 52.2 Å². The smallest absolute Gasteiger partial charge is 0.340 e. The first-order chi connectivity index (χ1) is 10.8. The van der Waals surface area contributed by atoms with E-state index in [4.69, 9.17) is 16.3 Å². The minimum atomic E-state index is -1.53. The van der Waals surface area contributed by atoms with Crippen LogP contribution in [0.2, 0.25) is 5.02 Å². The number of phenolic OH excluding ortho intramolecular Hbond substituents is 1. The second-order valence-corrected chi connectivity index (χ2v) is 7.29. The first-order valence-electron chi connectivity index (χ1n) is 8.17. The molecule has 4 atom stereocenters. The van der Waals surface area contributed by atoms with Crippen molar-refractivity contribution >= 4 is 17.6 Å². The van der Waals surface area contributed by atoms with Gasteiger partial charge in [0.05, 0.1) is 5.02 Å². The van der Waals surface area contributed by atoms with Gasteiger partial charge in [-0.2, -0.15) is 0 Å². The zero-order chi connectivity index (χ0) is 17.1. The number of aliphatic hydroxyl groups excluding tert-OH is 1. The second kappa shape index (κ2) is 7.54. The molecule has 1 aromatic rings. The molecule has 23 heavy (non-hydrogen) atoms. The summed E-state index contributed by atoms with van der Waals surface area (Å²) >= 11 is 5.83. The molecular weight excluding hydrogens is 316 g/mol. The zero-order valence-electron chi connectivity index (χ0n) is 13.8. The maximum atomic E-state index is 12.3. The Balaban J connectivity index is 2.11. The van der Waals surface area contributed by atoms with E-state index in [2.05, 4.69) is 20.8 Å². The van der Waals surface area contributed by atoms with Crippen LogP contribution in [-0.2, 0) is 9.53 Å². The van der Waals surface area contributed by atoms with Crippen molar-refractivity contribution < 1.29 is 19.7 Å². The molecule has 1 saturated carbocycles. The van der Waals surface area contributed by atoms with E-state index in [0.29, 0.717) is 17.8 Å². The van der Waals surface area contributed by atoms with E-state index < -0.39 is 12.1 Å². The summed E-state index contributed by atoms with van der Waals surface area (Å²) in [5.41, 5.74) is 0.0763. The number of carbonyl (C=O) groups excluding carboxylic acids is 1. The Labute approximate surface area is 142 Å². The molecule has 0 aliphatic heterocycles. The Kier molecular flexibility index (Phi) is 5.93. The summed E-state index contributed by atoms with van der Waals surface area (Å²) in [6.45, 7) is 6.40. The Bertz CT molecular complexity index is 558. The molecule has 1 fully saturated rings. The fraction of sp³-hybridized carbons (Fsp3) is 0.611. The number of aliphatic hydroxyl groups is 1. The number of benzene rings is 1. The number of esters is 1. The van der Waals surface area contributed by atoms with Crippen molar-refractivity contribution in [3.05, 3.63) is 28.8 Å². The lowest BCUT2D eigenvalue weighted by Gasteiger charge is -2.37. The van der Waals surface area contributed by atoms with Gasteiger partial charge in [-0.25, -0.2) is 4.79 Å². The number of hydrogen-bond acceptors (Lipinski definition) is 4. The van der Waals surface area contributed by atoms with Crippen LogP contribution >= 0.6 is 11.6 Å².